The van der Waals surface area contributed by atoms with Crippen LogP contribution in [0.15, 0.2) is 15.9 Å². The van der Waals surface area contributed by atoms with Gasteiger partial charge in [-0.05, 0) is 22.0 Å². The smallest absolute Gasteiger partial charge is 0.215 e. The molecule has 0 aliphatic carbocycles. The van der Waals surface area contributed by atoms with Crippen molar-refractivity contribution in [3.63, 3.8) is 0 Å². The number of nitrogens with one attached hydrogen (secondary N) is 1. The van der Waals surface area contributed by atoms with Crippen LogP contribution in [-0.4, -0.2) is 63.1 Å². The lowest BCUT2D eigenvalue weighted by Crippen LogP contribution is -2.46. The minimum Gasteiger partial charge on any atom is -0.314 e. The lowest BCUT2D eigenvalue weighted by atomic mass is 10.4. The van der Waals surface area contributed by atoms with Gasteiger partial charge in [-0.25, -0.2) is 8.42 Å². The molecule has 1 saturated heterocycles. The van der Waals surface area contributed by atoms with Gasteiger partial charge < -0.3 is 5.32 Å². The lowest BCUT2D eigenvalue weighted by Gasteiger charge is -2.27. The number of rotatable bonds is 6. The average Bonchev–Trinajstić information content (AvgIpc) is 2.83. The number of nitrogens with zero attached hydrogens (tertiary/aromatic N) is 2. The summed E-state index contributed by atoms with van der Waals surface area (Å²) in [5.41, 5.74) is 0. The van der Waals surface area contributed by atoms with Crippen LogP contribution in [0.4, 0.5) is 0 Å². The van der Waals surface area contributed by atoms with Crippen molar-refractivity contribution >= 4 is 37.3 Å². The first kappa shape index (κ1) is 16.4. The Labute approximate surface area is 133 Å². The minimum absolute atomic E-state index is 0.191. The van der Waals surface area contributed by atoms with E-state index < -0.39 is 10.0 Å². The summed E-state index contributed by atoms with van der Waals surface area (Å²) >= 11 is 4.95. The predicted octanol–water partition coefficient (Wildman–Crippen LogP) is 1.18. The summed E-state index contributed by atoms with van der Waals surface area (Å²) in [6.45, 7) is 4.80. The quantitative estimate of drug-likeness (QED) is 0.803. The molecule has 8 heteroatoms. The molecule has 5 nitrogen and oxygen atoms in total. The molecule has 0 saturated carbocycles. The van der Waals surface area contributed by atoms with E-state index in [9.17, 15) is 8.42 Å². The van der Waals surface area contributed by atoms with Crippen LogP contribution in [-0.2, 0) is 16.6 Å². The molecule has 0 amide bonds. The molecule has 1 fully saturated rings. The molecule has 20 heavy (non-hydrogen) atoms. The fraction of sp³-hybridized carbons (Fsp3) is 0.667. The zero-order valence-corrected chi connectivity index (χ0v) is 14.7. The summed E-state index contributed by atoms with van der Waals surface area (Å²) in [5, 5.41) is 5.23. The van der Waals surface area contributed by atoms with Gasteiger partial charge in [0.2, 0.25) is 10.0 Å². The van der Waals surface area contributed by atoms with Gasteiger partial charge in [-0.15, -0.1) is 11.3 Å². The molecule has 1 aliphatic heterocycles. The van der Waals surface area contributed by atoms with Gasteiger partial charge in [0.1, 0.15) is 0 Å². The monoisotopic (exact) mass is 381 g/mol. The number of halogens is 1. The van der Waals surface area contributed by atoms with Gasteiger partial charge in [0.05, 0.1) is 5.75 Å². The van der Waals surface area contributed by atoms with Crippen LogP contribution in [0.25, 0.3) is 0 Å². The largest absolute Gasteiger partial charge is 0.314 e. The maximum atomic E-state index is 12.3. The molecular formula is C12H20BrN3O2S2. The van der Waals surface area contributed by atoms with Gasteiger partial charge in [0.25, 0.3) is 0 Å². The second-order valence-corrected chi connectivity index (χ2v) is 9.00. The summed E-state index contributed by atoms with van der Waals surface area (Å²) in [7, 11) is -1.53. The third-order valence-corrected chi connectivity index (χ3v) is 6.81. The maximum Gasteiger partial charge on any atom is 0.215 e. The first-order chi connectivity index (χ1) is 9.47. The number of sulfonamides is 1. The topological polar surface area (TPSA) is 52.7 Å². The van der Waals surface area contributed by atoms with Crippen molar-refractivity contribution in [3.05, 3.63) is 20.8 Å². The van der Waals surface area contributed by atoms with Gasteiger partial charge in [-0.2, -0.15) is 4.31 Å². The van der Waals surface area contributed by atoms with Crippen LogP contribution in [0.5, 0.6) is 0 Å². The summed E-state index contributed by atoms with van der Waals surface area (Å²) in [6, 6.07) is 1.97. The van der Waals surface area contributed by atoms with E-state index in [1.54, 1.807) is 18.4 Å². The summed E-state index contributed by atoms with van der Waals surface area (Å²) in [6.07, 6.45) is 0. The number of piperazine rings is 1. The molecule has 1 aromatic rings. The molecule has 0 bridgehead atoms. The minimum atomic E-state index is -3.19. The Kier molecular flexibility index (Phi) is 6.00. The van der Waals surface area contributed by atoms with Crippen LogP contribution < -0.4 is 5.32 Å². The molecule has 2 heterocycles. The Bertz CT molecular complexity index is 527. The lowest BCUT2D eigenvalue weighted by molar-refractivity contribution is 0.252. The Hall–Kier alpha value is 0.01000. The second-order valence-electron chi connectivity index (χ2n) is 4.89. The van der Waals surface area contributed by atoms with Gasteiger partial charge in [0.15, 0.2) is 0 Å². The molecule has 0 unspecified atom stereocenters. The van der Waals surface area contributed by atoms with E-state index in [1.807, 2.05) is 11.4 Å². The normalized spacial score (nSPS) is 17.8. The van der Waals surface area contributed by atoms with E-state index >= 15 is 0 Å². The first-order valence-corrected chi connectivity index (χ1v) is 9.85. The van der Waals surface area contributed by atoms with Crippen LogP contribution in [0.3, 0.4) is 0 Å². The van der Waals surface area contributed by atoms with Crippen LogP contribution in [0, 0.1) is 0 Å². The van der Waals surface area contributed by atoms with Gasteiger partial charge in [-0.3, -0.25) is 4.90 Å². The van der Waals surface area contributed by atoms with Crippen LogP contribution >= 0.6 is 27.3 Å². The van der Waals surface area contributed by atoms with Crippen LogP contribution in [0.1, 0.15) is 4.88 Å². The van der Waals surface area contributed by atoms with E-state index in [0.717, 1.165) is 35.5 Å². The van der Waals surface area contributed by atoms with Gasteiger partial charge in [0, 0.05) is 61.0 Å². The van der Waals surface area contributed by atoms with E-state index in [2.05, 4.69) is 26.1 Å². The van der Waals surface area contributed by atoms with Crippen molar-refractivity contribution in [1.82, 2.24) is 14.5 Å². The van der Waals surface area contributed by atoms with Crippen molar-refractivity contribution in [3.8, 4) is 0 Å². The Morgan fingerprint density at radius 2 is 2.15 bits per heavy atom. The van der Waals surface area contributed by atoms with Gasteiger partial charge >= 0.3 is 0 Å². The molecule has 0 aromatic carbocycles. The summed E-state index contributed by atoms with van der Waals surface area (Å²) in [4.78, 5) is 3.24. The highest BCUT2D eigenvalue weighted by Crippen LogP contribution is 2.21. The molecule has 1 aliphatic rings. The molecule has 0 atom stereocenters. The number of hydrogen-bond acceptors (Lipinski definition) is 5. The Morgan fingerprint density at radius 3 is 2.75 bits per heavy atom. The number of thiophene rings is 1. The standard InChI is InChI=1S/C12H20BrN3O2S2/c1-15(9-12-8-11(13)10-19-12)20(17,18)7-6-16-4-2-14-3-5-16/h8,10,14H,2-7,9H2,1H3. The third-order valence-electron chi connectivity index (χ3n) is 3.35. The number of hydrogen-bond donors (Lipinski definition) is 1. The van der Waals surface area contributed by atoms with Crippen molar-refractivity contribution in [2.45, 2.75) is 6.54 Å². The van der Waals surface area contributed by atoms with Crippen molar-refractivity contribution in [2.75, 3.05) is 45.5 Å². The summed E-state index contributed by atoms with van der Waals surface area (Å²) in [5.74, 6) is 0.191. The zero-order valence-electron chi connectivity index (χ0n) is 11.5. The Morgan fingerprint density at radius 1 is 1.45 bits per heavy atom. The van der Waals surface area contributed by atoms with Crippen molar-refractivity contribution in [2.24, 2.45) is 0 Å². The Balaban J connectivity index is 1.85. The van der Waals surface area contributed by atoms with Crippen molar-refractivity contribution in [1.29, 1.82) is 0 Å². The first-order valence-electron chi connectivity index (χ1n) is 6.57. The molecular weight excluding hydrogens is 362 g/mol. The molecule has 1 aromatic heterocycles. The molecule has 0 radical (unpaired) electrons. The van der Waals surface area contributed by atoms with Crippen LogP contribution in [0.2, 0.25) is 0 Å². The highest BCUT2D eigenvalue weighted by Gasteiger charge is 2.20. The average molecular weight is 382 g/mol. The summed E-state index contributed by atoms with van der Waals surface area (Å²) < 4.78 is 27.0. The molecule has 114 valence electrons. The second kappa shape index (κ2) is 7.33. The van der Waals surface area contributed by atoms with E-state index in [-0.39, 0.29) is 5.75 Å². The highest BCUT2D eigenvalue weighted by atomic mass is 79.9. The van der Waals surface area contributed by atoms with Gasteiger partial charge in [-0.1, -0.05) is 0 Å². The fourth-order valence-corrected chi connectivity index (χ4v) is 4.81. The third kappa shape index (κ3) is 4.78. The SMILES string of the molecule is CN(Cc1cc(Br)cs1)S(=O)(=O)CCN1CCNCC1. The maximum absolute atomic E-state index is 12.3. The molecule has 0 spiro atoms. The van der Waals surface area contributed by atoms with Crippen molar-refractivity contribution < 1.29 is 8.42 Å². The predicted molar refractivity (Wildman–Crippen MR) is 86.6 cm³/mol. The van der Waals surface area contributed by atoms with E-state index in [4.69, 9.17) is 0 Å². The zero-order chi connectivity index (χ0) is 14.6. The molecule has 1 N–H and O–H groups in total. The van der Waals surface area contributed by atoms with E-state index in [0.29, 0.717) is 13.1 Å². The highest BCUT2D eigenvalue weighted by molar-refractivity contribution is 9.10. The van der Waals surface area contributed by atoms with E-state index in [1.165, 1.54) is 4.31 Å². The fourth-order valence-electron chi connectivity index (χ4n) is 2.09. The molecule has 2 rings (SSSR count).